The molecule has 96 valence electrons. The molecule has 1 aromatic carbocycles. The molecule has 0 saturated carbocycles. The van der Waals surface area contributed by atoms with Gasteiger partial charge in [0.15, 0.2) is 0 Å². The summed E-state index contributed by atoms with van der Waals surface area (Å²) < 4.78 is 1.66. The van der Waals surface area contributed by atoms with E-state index >= 15 is 0 Å². The molecule has 0 aliphatic carbocycles. The summed E-state index contributed by atoms with van der Waals surface area (Å²) in [5.41, 5.74) is 7.31. The van der Waals surface area contributed by atoms with Crippen molar-refractivity contribution in [2.75, 3.05) is 10.6 Å². The predicted octanol–water partition coefficient (Wildman–Crippen LogP) is 1.29. The maximum atomic E-state index is 12.3. The maximum absolute atomic E-state index is 12.3. The monoisotopic (exact) mass is 256 g/mol. The zero-order valence-electron chi connectivity index (χ0n) is 10.3. The number of aryl methyl sites for hydroxylation is 1. The Hall–Kier alpha value is -2.63. The quantitative estimate of drug-likeness (QED) is 0.648. The molecule has 0 atom stereocenters. The number of nitrogens with two attached hydrogens (primary N) is 1. The molecule has 0 saturated heterocycles. The third-order valence-electron chi connectivity index (χ3n) is 3.11. The second kappa shape index (κ2) is 3.94. The minimum atomic E-state index is -0.358. The summed E-state index contributed by atoms with van der Waals surface area (Å²) in [4.78, 5) is 25.6. The third-order valence-corrected chi connectivity index (χ3v) is 3.11. The smallest absolute Gasteiger partial charge is 0.266 e. The molecule has 1 aliphatic rings. The molecule has 19 heavy (non-hydrogen) atoms. The van der Waals surface area contributed by atoms with Gasteiger partial charge in [0.05, 0.1) is 23.0 Å². The number of carbonyl (C=O) groups is 2. The molecule has 0 spiro atoms. The highest BCUT2D eigenvalue weighted by atomic mass is 16.2. The molecule has 2 N–H and O–H groups in total. The Morgan fingerprint density at radius 3 is 2.63 bits per heavy atom. The fourth-order valence-electron chi connectivity index (χ4n) is 2.13. The summed E-state index contributed by atoms with van der Waals surface area (Å²) >= 11 is 0. The zero-order chi connectivity index (χ0) is 13.6. The first kappa shape index (κ1) is 11.5. The van der Waals surface area contributed by atoms with E-state index in [0.717, 1.165) is 4.90 Å². The van der Waals surface area contributed by atoms with E-state index in [1.165, 1.54) is 12.3 Å². The summed E-state index contributed by atoms with van der Waals surface area (Å²) in [6.45, 7) is 2.61. The van der Waals surface area contributed by atoms with Gasteiger partial charge in [-0.1, -0.05) is 0 Å². The molecular weight excluding hydrogens is 244 g/mol. The third kappa shape index (κ3) is 1.61. The van der Waals surface area contributed by atoms with Crippen LogP contribution in [-0.4, -0.2) is 21.6 Å². The minimum Gasteiger partial charge on any atom is -0.399 e. The van der Waals surface area contributed by atoms with Gasteiger partial charge in [-0.15, -0.1) is 0 Å². The van der Waals surface area contributed by atoms with Crippen LogP contribution < -0.4 is 10.6 Å². The van der Waals surface area contributed by atoms with Gasteiger partial charge in [0.2, 0.25) is 0 Å². The van der Waals surface area contributed by atoms with Gasteiger partial charge in [0.1, 0.15) is 0 Å². The molecule has 0 bridgehead atoms. The molecule has 2 heterocycles. The predicted molar refractivity (Wildman–Crippen MR) is 69.9 cm³/mol. The number of nitrogen functional groups attached to an aromatic ring is 1. The Labute approximate surface area is 109 Å². The average molecular weight is 256 g/mol. The number of hydrogen-bond acceptors (Lipinski definition) is 4. The van der Waals surface area contributed by atoms with Crippen molar-refractivity contribution >= 4 is 23.2 Å². The van der Waals surface area contributed by atoms with Crippen molar-refractivity contribution in [2.45, 2.75) is 13.5 Å². The number of hydrogen-bond donors (Lipinski definition) is 1. The summed E-state index contributed by atoms with van der Waals surface area (Å²) in [7, 11) is 0. The Bertz CT molecular complexity index is 690. The summed E-state index contributed by atoms with van der Waals surface area (Å²) in [5, 5.41) is 4.07. The van der Waals surface area contributed by atoms with Crippen LogP contribution in [0.25, 0.3) is 0 Å². The molecule has 0 fully saturated rings. The highest BCUT2D eigenvalue weighted by molar-refractivity contribution is 6.34. The summed E-state index contributed by atoms with van der Waals surface area (Å²) in [5.74, 6) is -0.696. The lowest BCUT2D eigenvalue weighted by Gasteiger charge is -2.10. The Balaban J connectivity index is 2.07. The lowest BCUT2D eigenvalue weighted by atomic mass is 10.1. The average Bonchev–Trinajstić information content (AvgIpc) is 2.94. The van der Waals surface area contributed by atoms with E-state index < -0.39 is 0 Å². The molecule has 3 rings (SSSR count). The van der Waals surface area contributed by atoms with E-state index in [2.05, 4.69) is 5.10 Å². The van der Waals surface area contributed by atoms with E-state index in [1.54, 1.807) is 23.0 Å². The van der Waals surface area contributed by atoms with Gasteiger partial charge in [-0.3, -0.25) is 14.3 Å². The first-order chi connectivity index (χ1) is 9.11. The van der Waals surface area contributed by atoms with Gasteiger partial charge in [0, 0.05) is 18.4 Å². The van der Waals surface area contributed by atoms with Gasteiger partial charge in [-0.2, -0.15) is 5.10 Å². The first-order valence-corrected chi connectivity index (χ1v) is 5.92. The Kier molecular flexibility index (Phi) is 2.38. The SMILES string of the molecule is CCn1cc(N2C(=O)c3ccc(N)cc3C2=O)cn1. The fraction of sp³-hybridized carbons (Fsp3) is 0.154. The number of rotatable bonds is 2. The van der Waals surface area contributed by atoms with E-state index in [0.29, 0.717) is 29.0 Å². The van der Waals surface area contributed by atoms with Crippen molar-refractivity contribution in [1.29, 1.82) is 0 Å². The van der Waals surface area contributed by atoms with Crippen LogP contribution in [0.3, 0.4) is 0 Å². The number of nitrogens with zero attached hydrogens (tertiary/aromatic N) is 3. The number of anilines is 2. The minimum absolute atomic E-state index is 0.337. The number of imide groups is 1. The maximum Gasteiger partial charge on any atom is 0.266 e. The van der Waals surface area contributed by atoms with Crippen LogP contribution in [0.5, 0.6) is 0 Å². The molecule has 0 radical (unpaired) electrons. The number of aromatic nitrogens is 2. The summed E-state index contributed by atoms with van der Waals surface area (Å²) in [6, 6.07) is 4.72. The van der Waals surface area contributed by atoms with Crippen LogP contribution in [0.4, 0.5) is 11.4 Å². The van der Waals surface area contributed by atoms with Gasteiger partial charge in [0.25, 0.3) is 11.8 Å². The molecule has 6 nitrogen and oxygen atoms in total. The van der Waals surface area contributed by atoms with Crippen molar-refractivity contribution in [3.63, 3.8) is 0 Å². The van der Waals surface area contributed by atoms with Gasteiger partial charge in [-0.05, 0) is 25.1 Å². The molecule has 0 unspecified atom stereocenters. The lowest BCUT2D eigenvalue weighted by molar-refractivity contribution is 0.0926. The molecular formula is C13H12N4O2. The summed E-state index contributed by atoms with van der Waals surface area (Å²) in [6.07, 6.45) is 3.18. The molecule has 2 aromatic rings. The van der Waals surface area contributed by atoms with Crippen molar-refractivity contribution in [3.05, 3.63) is 41.7 Å². The second-order valence-electron chi connectivity index (χ2n) is 4.30. The largest absolute Gasteiger partial charge is 0.399 e. The van der Waals surface area contributed by atoms with Gasteiger partial charge in [-0.25, -0.2) is 4.90 Å². The Morgan fingerprint density at radius 1 is 1.21 bits per heavy atom. The highest BCUT2D eigenvalue weighted by Crippen LogP contribution is 2.29. The molecule has 1 aromatic heterocycles. The van der Waals surface area contributed by atoms with Crippen LogP contribution in [0.15, 0.2) is 30.6 Å². The van der Waals surface area contributed by atoms with Crippen LogP contribution in [0.2, 0.25) is 0 Å². The van der Waals surface area contributed by atoms with E-state index in [9.17, 15) is 9.59 Å². The zero-order valence-corrected chi connectivity index (χ0v) is 10.3. The number of fused-ring (bicyclic) bond motifs is 1. The first-order valence-electron chi connectivity index (χ1n) is 5.92. The van der Waals surface area contributed by atoms with Crippen molar-refractivity contribution in [3.8, 4) is 0 Å². The van der Waals surface area contributed by atoms with Crippen molar-refractivity contribution < 1.29 is 9.59 Å². The highest BCUT2D eigenvalue weighted by Gasteiger charge is 2.37. The number of amides is 2. The topological polar surface area (TPSA) is 81.2 Å². The van der Waals surface area contributed by atoms with E-state index in [4.69, 9.17) is 5.73 Å². The molecule has 6 heteroatoms. The van der Waals surface area contributed by atoms with Crippen LogP contribution in [-0.2, 0) is 6.54 Å². The fourth-order valence-corrected chi connectivity index (χ4v) is 2.13. The molecule has 1 aliphatic heterocycles. The van der Waals surface area contributed by atoms with Crippen molar-refractivity contribution in [1.82, 2.24) is 9.78 Å². The second-order valence-corrected chi connectivity index (χ2v) is 4.30. The number of carbonyl (C=O) groups excluding carboxylic acids is 2. The Morgan fingerprint density at radius 2 is 1.95 bits per heavy atom. The molecule has 2 amide bonds. The van der Waals surface area contributed by atoms with Crippen LogP contribution in [0, 0.1) is 0 Å². The van der Waals surface area contributed by atoms with Crippen LogP contribution >= 0.6 is 0 Å². The number of benzene rings is 1. The van der Waals surface area contributed by atoms with Crippen molar-refractivity contribution in [2.24, 2.45) is 0 Å². The standard InChI is InChI=1S/C13H12N4O2/c1-2-16-7-9(6-15-16)17-12(18)10-4-3-8(14)5-11(10)13(17)19/h3-7H,2,14H2,1H3. The van der Waals surface area contributed by atoms with Gasteiger partial charge < -0.3 is 5.73 Å². The van der Waals surface area contributed by atoms with E-state index in [-0.39, 0.29) is 11.8 Å². The van der Waals surface area contributed by atoms with Gasteiger partial charge >= 0.3 is 0 Å². The lowest BCUT2D eigenvalue weighted by Crippen LogP contribution is -2.28. The van der Waals surface area contributed by atoms with Crippen LogP contribution in [0.1, 0.15) is 27.6 Å². The van der Waals surface area contributed by atoms with E-state index in [1.807, 2.05) is 6.92 Å². The normalized spacial score (nSPS) is 14.1.